The van der Waals surface area contributed by atoms with Gasteiger partial charge >= 0.3 is 0 Å². The smallest absolute Gasteiger partial charge is 0.137 e. The van der Waals surface area contributed by atoms with Crippen LogP contribution in [0.1, 0.15) is 0 Å². The zero-order chi connectivity index (χ0) is 17.2. The van der Waals surface area contributed by atoms with Crippen molar-refractivity contribution in [1.82, 2.24) is 4.98 Å². The van der Waals surface area contributed by atoms with E-state index in [0.29, 0.717) is 5.15 Å². The number of methoxy groups -OCH3 is 1. The standard InChI is InChI=1S/C22H16ClNO/c1-25-17-13-11-15(12-14-17)20-18-9-5-6-10-19(18)22(23)24-21(20)16-7-3-2-4-8-16/h2-14H,1H3. The van der Waals surface area contributed by atoms with E-state index in [4.69, 9.17) is 21.3 Å². The number of aromatic nitrogens is 1. The van der Waals surface area contributed by atoms with Gasteiger partial charge in [0.1, 0.15) is 10.9 Å². The van der Waals surface area contributed by atoms with E-state index in [1.165, 1.54) is 0 Å². The van der Waals surface area contributed by atoms with Gasteiger partial charge in [-0.05, 0) is 23.1 Å². The summed E-state index contributed by atoms with van der Waals surface area (Å²) in [5.41, 5.74) is 4.09. The maximum Gasteiger partial charge on any atom is 0.137 e. The van der Waals surface area contributed by atoms with E-state index in [-0.39, 0.29) is 0 Å². The highest BCUT2D eigenvalue weighted by Crippen LogP contribution is 2.39. The van der Waals surface area contributed by atoms with E-state index in [2.05, 4.69) is 30.3 Å². The SMILES string of the molecule is COc1ccc(-c2c(-c3ccccc3)nc(Cl)c3ccccc23)cc1. The van der Waals surface area contributed by atoms with Gasteiger partial charge < -0.3 is 4.74 Å². The van der Waals surface area contributed by atoms with Crippen molar-refractivity contribution in [3.8, 4) is 28.1 Å². The Bertz CT molecular complexity index is 1030. The molecule has 4 rings (SSSR count). The van der Waals surface area contributed by atoms with Gasteiger partial charge in [0.05, 0.1) is 12.8 Å². The Balaban J connectivity index is 2.07. The quantitative estimate of drug-likeness (QED) is 0.410. The first kappa shape index (κ1) is 15.7. The molecule has 0 atom stereocenters. The number of ether oxygens (including phenoxy) is 1. The summed E-state index contributed by atoms with van der Waals surface area (Å²) in [7, 11) is 1.67. The van der Waals surface area contributed by atoms with E-state index in [1.54, 1.807) is 7.11 Å². The molecule has 0 bridgehead atoms. The maximum atomic E-state index is 6.49. The van der Waals surface area contributed by atoms with Crippen LogP contribution in [0.4, 0.5) is 0 Å². The van der Waals surface area contributed by atoms with Crippen LogP contribution in [0.25, 0.3) is 33.2 Å². The van der Waals surface area contributed by atoms with Gasteiger partial charge in [-0.25, -0.2) is 4.98 Å². The zero-order valence-corrected chi connectivity index (χ0v) is 14.5. The summed E-state index contributed by atoms with van der Waals surface area (Å²) in [6.45, 7) is 0. The molecule has 0 aliphatic rings. The summed E-state index contributed by atoms with van der Waals surface area (Å²) in [6, 6.07) is 26.3. The van der Waals surface area contributed by atoms with Crippen molar-refractivity contribution in [3.05, 3.63) is 84.0 Å². The van der Waals surface area contributed by atoms with Crippen molar-refractivity contribution in [2.45, 2.75) is 0 Å². The fourth-order valence-corrected chi connectivity index (χ4v) is 3.33. The molecule has 0 N–H and O–H groups in total. The van der Waals surface area contributed by atoms with Gasteiger partial charge in [0.2, 0.25) is 0 Å². The first-order valence-corrected chi connectivity index (χ1v) is 8.44. The molecular formula is C22H16ClNO. The third-order valence-corrected chi connectivity index (χ3v) is 4.58. The predicted molar refractivity (Wildman–Crippen MR) is 104 cm³/mol. The first-order valence-electron chi connectivity index (χ1n) is 8.06. The molecule has 3 aromatic carbocycles. The van der Waals surface area contributed by atoms with E-state index in [0.717, 1.165) is 38.9 Å². The lowest BCUT2D eigenvalue weighted by Gasteiger charge is -2.14. The zero-order valence-electron chi connectivity index (χ0n) is 13.7. The Labute approximate surface area is 151 Å². The number of hydrogen-bond donors (Lipinski definition) is 0. The van der Waals surface area contributed by atoms with E-state index in [1.807, 2.05) is 48.5 Å². The van der Waals surface area contributed by atoms with Crippen LogP contribution in [0.3, 0.4) is 0 Å². The number of fused-ring (bicyclic) bond motifs is 1. The molecule has 122 valence electrons. The minimum absolute atomic E-state index is 0.520. The molecule has 0 amide bonds. The summed E-state index contributed by atoms with van der Waals surface area (Å²) < 4.78 is 5.29. The molecule has 1 aromatic heterocycles. The Hall–Kier alpha value is -2.84. The Morgan fingerprint density at radius 3 is 2.04 bits per heavy atom. The molecule has 25 heavy (non-hydrogen) atoms. The monoisotopic (exact) mass is 345 g/mol. The van der Waals surface area contributed by atoms with Crippen molar-refractivity contribution in [3.63, 3.8) is 0 Å². The molecule has 2 nitrogen and oxygen atoms in total. The third kappa shape index (κ3) is 2.86. The Morgan fingerprint density at radius 2 is 1.36 bits per heavy atom. The van der Waals surface area contributed by atoms with Gasteiger partial charge in [-0.15, -0.1) is 0 Å². The molecule has 0 saturated heterocycles. The van der Waals surface area contributed by atoms with Gasteiger partial charge in [-0.2, -0.15) is 0 Å². The highest BCUT2D eigenvalue weighted by molar-refractivity contribution is 6.35. The molecule has 0 fully saturated rings. The van der Waals surface area contributed by atoms with Crippen LogP contribution < -0.4 is 4.74 Å². The fraction of sp³-hybridized carbons (Fsp3) is 0.0455. The molecule has 4 aromatic rings. The maximum absolute atomic E-state index is 6.49. The highest BCUT2D eigenvalue weighted by atomic mass is 35.5. The molecule has 0 unspecified atom stereocenters. The van der Waals surface area contributed by atoms with Crippen LogP contribution >= 0.6 is 11.6 Å². The number of nitrogens with zero attached hydrogens (tertiary/aromatic N) is 1. The topological polar surface area (TPSA) is 22.1 Å². The average molecular weight is 346 g/mol. The normalized spacial score (nSPS) is 10.8. The van der Waals surface area contributed by atoms with Crippen LogP contribution in [0, 0.1) is 0 Å². The summed E-state index contributed by atoms with van der Waals surface area (Å²) in [6.07, 6.45) is 0. The summed E-state index contributed by atoms with van der Waals surface area (Å²) in [5.74, 6) is 0.830. The van der Waals surface area contributed by atoms with Crippen LogP contribution in [0.15, 0.2) is 78.9 Å². The Morgan fingerprint density at radius 1 is 0.720 bits per heavy atom. The van der Waals surface area contributed by atoms with Crippen molar-refractivity contribution >= 4 is 22.4 Å². The van der Waals surface area contributed by atoms with E-state index < -0.39 is 0 Å². The lowest BCUT2D eigenvalue weighted by Crippen LogP contribution is -1.93. The van der Waals surface area contributed by atoms with Crippen LogP contribution in [0.2, 0.25) is 5.15 Å². The minimum atomic E-state index is 0.520. The largest absolute Gasteiger partial charge is 0.497 e. The van der Waals surface area contributed by atoms with E-state index in [9.17, 15) is 0 Å². The van der Waals surface area contributed by atoms with Gasteiger partial charge in [0.25, 0.3) is 0 Å². The fourth-order valence-electron chi connectivity index (χ4n) is 3.08. The summed E-state index contributed by atoms with van der Waals surface area (Å²) in [5, 5.41) is 2.56. The summed E-state index contributed by atoms with van der Waals surface area (Å²) in [4.78, 5) is 4.72. The van der Waals surface area contributed by atoms with Gasteiger partial charge in [0, 0.05) is 16.5 Å². The number of benzene rings is 3. The Kier molecular flexibility index (Phi) is 4.12. The van der Waals surface area contributed by atoms with Crippen LogP contribution in [-0.2, 0) is 0 Å². The third-order valence-electron chi connectivity index (χ3n) is 4.29. The second-order valence-electron chi connectivity index (χ2n) is 5.77. The number of halogens is 1. The average Bonchev–Trinajstić information content (AvgIpc) is 2.69. The van der Waals surface area contributed by atoms with Crippen molar-refractivity contribution in [1.29, 1.82) is 0 Å². The second kappa shape index (κ2) is 6.58. The predicted octanol–water partition coefficient (Wildman–Crippen LogP) is 6.23. The number of hydrogen-bond acceptors (Lipinski definition) is 2. The van der Waals surface area contributed by atoms with Crippen molar-refractivity contribution < 1.29 is 4.74 Å². The summed E-state index contributed by atoms with van der Waals surface area (Å²) >= 11 is 6.49. The van der Waals surface area contributed by atoms with Crippen molar-refractivity contribution in [2.24, 2.45) is 0 Å². The molecule has 0 aliphatic heterocycles. The molecule has 0 saturated carbocycles. The lowest BCUT2D eigenvalue weighted by atomic mass is 9.94. The van der Waals surface area contributed by atoms with Crippen molar-refractivity contribution in [2.75, 3.05) is 7.11 Å². The molecule has 1 heterocycles. The molecule has 0 radical (unpaired) electrons. The lowest BCUT2D eigenvalue weighted by molar-refractivity contribution is 0.415. The van der Waals surface area contributed by atoms with Gasteiger partial charge in [-0.1, -0.05) is 78.3 Å². The minimum Gasteiger partial charge on any atom is -0.497 e. The molecule has 3 heteroatoms. The van der Waals surface area contributed by atoms with Gasteiger partial charge in [0.15, 0.2) is 0 Å². The highest BCUT2D eigenvalue weighted by Gasteiger charge is 2.16. The number of rotatable bonds is 3. The second-order valence-corrected chi connectivity index (χ2v) is 6.12. The molecule has 0 aliphatic carbocycles. The number of pyridine rings is 1. The van der Waals surface area contributed by atoms with Gasteiger partial charge in [-0.3, -0.25) is 0 Å². The van der Waals surface area contributed by atoms with Crippen LogP contribution in [0.5, 0.6) is 5.75 Å². The van der Waals surface area contributed by atoms with E-state index >= 15 is 0 Å². The molecular weight excluding hydrogens is 330 g/mol. The first-order chi connectivity index (χ1) is 12.3. The van der Waals surface area contributed by atoms with Crippen LogP contribution in [-0.4, -0.2) is 12.1 Å². The molecule has 0 spiro atoms.